The first kappa shape index (κ1) is 15.8. The molecule has 1 aliphatic carbocycles. The first-order valence-electron chi connectivity index (χ1n) is 8.18. The van der Waals surface area contributed by atoms with Crippen LogP contribution < -0.4 is 15.1 Å². The molecule has 1 N–H and O–H groups in total. The molecular formula is C15H28N6. The molecule has 1 aliphatic rings. The minimum Gasteiger partial charge on any atom is -0.357 e. The van der Waals surface area contributed by atoms with E-state index in [-0.39, 0.29) is 0 Å². The Morgan fingerprint density at radius 3 is 2.24 bits per heavy atom. The van der Waals surface area contributed by atoms with Crippen LogP contribution in [0.3, 0.4) is 0 Å². The minimum absolute atomic E-state index is 0.619. The number of hydrogen-bond acceptors (Lipinski definition) is 6. The van der Waals surface area contributed by atoms with Crippen LogP contribution in [0.1, 0.15) is 46.5 Å². The third-order valence-electron chi connectivity index (χ3n) is 3.88. The van der Waals surface area contributed by atoms with Gasteiger partial charge in [-0.1, -0.05) is 13.3 Å². The fourth-order valence-corrected chi connectivity index (χ4v) is 2.40. The van der Waals surface area contributed by atoms with E-state index in [1.807, 2.05) is 7.05 Å². The van der Waals surface area contributed by atoms with E-state index >= 15 is 0 Å². The van der Waals surface area contributed by atoms with E-state index in [9.17, 15) is 0 Å². The first-order valence-corrected chi connectivity index (χ1v) is 8.18. The summed E-state index contributed by atoms with van der Waals surface area (Å²) in [6.07, 6.45) is 4.88. The number of unbranched alkanes of at least 4 members (excludes halogenated alkanes) is 1. The Morgan fingerprint density at radius 2 is 1.71 bits per heavy atom. The zero-order chi connectivity index (χ0) is 15.2. The molecule has 1 heterocycles. The van der Waals surface area contributed by atoms with Gasteiger partial charge >= 0.3 is 0 Å². The number of aromatic nitrogens is 3. The summed E-state index contributed by atoms with van der Waals surface area (Å²) in [6.45, 7) is 9.32. The van der Waals surface area contributed by atoms with Gasteiger partial charge in [-0.25, -0.2) is 0 Å². The van der Waals surface area contributed by atoms with Crippen LogP contribution in [-0.2, 0) is 0 Å². The van der Waals surface area contributed by atoms with Crippen molar-refractivity contribution in [3.8, 4) is 0 Å². The molecule has 1 aromatic rings. The van der Waals surface area contributed by atoms with Gasteiger partial charge in [0.1, 0.15) is 0 Å². The van der Waals surface area contributed by atoms with Gasteiger partial charge in [0.2, 0.25) is 17.8 Å². The van der Waals surface area contributed by atoms with Gasteiger partial charge in [0, 0.05) is 32.7 Å². The molecule has 1 saturated carbocycles. The SMILES string of the molecule is CCCCN(c1nc(NC)nc(N(CC)CC)n1)C1CC1. The van der Waals surface area contributed by atoms with Gasteiger partial charge in [0.15, 0.2) is 0 Å². The highest BCUT2D eigenvalue weighted by Crippen LogP contribution is 2.31. The Bertz CT molecular complexity index is 442. The predicted molar refractivity (Wildman–Crippen MR) is 88.2 cm³/mol. The number of nitrogens with one attached hydrogen (secondary N) is 1. The second kappa shape index (κ2) is 7.43. The molecule has 0 radical (unpaired) electrons. The Morgan fingerprint density at radius 1 is 1.05 bits per heavy atom. The highest BCUT2D eigenvalue weighted by atomic mass is 15.4. The molecule has 2 rings (SSSR count). The van der Waals surface area contributed by atoms with Crippen LogP contribution in [-0.4, -0.2) is 47.7 Å². The van der Waals surface area contributed by atoms with Crippen LogP contribution in [0.4, 0.5) is 17.8 Å². The van der Waals surface area contributed by atoms with Gasteiger partial charge in [-0.2, -0.15) is 15.0 Å². The van der Waals surface area contributed by atoms with Crippen molar-refractivity contribution in [3.05, 3.63) is 0 Å². The molecule has 0 saturated heterocycles. The summed E-state index contributed by atoms with van der Waals surface area (Å²) in [5, 5.41) is 3.07. The second-order valence-electron chi connectivity index (χ2n) is 5.46. The van der Waals surface area contributed by atoms with Gasteiger partial charge in [0.25, 0.3) is 0 Å². The van der Waals surface area contributed by atoms with Crippen molar-refractivity contribution in [2.75, 3.05) is 41.8 Å². The van der Waals surface area contributed by atoms with E-state index in [0.717, 1.165) is 31.5 Å². The quantitative estimate of drug-likeness (QED) is 0.755. The standard InChI is InChI=1S/C15H28N6/c1-5-8-11-21(12-9-10-12)15-18-13(16-4)17-14(19-15)20(6-2)7-3/h12H,5-11H2,1-4H3,(H,16,17,18,19). The zero-order valence-electron chi connectivity index (χ0n) is 13.8. The highest BCUT2D eigenvalue weighted by Gasteiger charge is 2.31. The largest absolute Gasteiger partial charge is 0.357 e. The summed E-state index contributed by atoms with van der Waals surface area (Å²) in [4.78, 5) is 18.3. The molecule has 6 nitrogen and oxygen atoms in total. The molecule has 0 bridgehead atoms. The molecule has 118 valence electrons. The summed E-state index contributed by atoms with van der Waals surface area (Å²) in [7, 11) is 1.86. The second-order valence-corrected chi connectivity index (χ2v) is 5.46. The van der Waals surface area contributed by atoms with Crippen molar-refractivity contribution in [1.29, 1.82) is 0 Å². The van der Waals surface area contributed by atoms with Crippen LogP contribution in [0, 0.1) is 0 Å². The van der Waals surface area contributed by atoms with Gasteiger partial charge in [-0.05, 0) is 33.1 Å². The maximum atomic E-state index is 4.73. The average Bonchev–Trinajstić information content (AvgIpc) is 3.33. The minimum atomic E-state index is 0.619. The average molecular weight is 292 g/mol. The summed E-state index contributed by atoms with van der Waals surface area (Å²) < 4.78 is 0. The van der Waals surface area contributed by atoms with Crippen molar-refractivity contribution >= 4 is 17.8 Å². The van der Waals surface area contributed by atoms with Crippen molar-refractivity contribution in [3.63, 3.8) is 0 Å². The number of nitrogens with zero attached hydrogens (tertiary/aromatic N) is 5. The third-order valence-corrected chi connectivity index (χ3v) is 3.88. The van der Waals surface area contributed by atoms with Crippen molar-refractivity contribution in [2.45, 2.75) is 52.5 Å². The van der Waals surface area contributed by atoms with E-state index < -0.39 is 0 Å². The summed E-state index contributed by atoms with van der Waals surface area (Å²) >= 11 is 0. The molecular weight excluding hydrogens is 264 g/mol. The topological polar surface area (TPSA) is 57.2 Å². The van der Waals surface area contributed by atoms with Crippen molar-refractivity contribution < 1.29 is 0 Å². The van der Waals surface area contributed by atoms with E-state index in [0.29, 0.717) is 12.0 Å². The Balaban J connectivity index is 2.29. The maximum absolute atomic E-state index is 4.73. The fourth-order valence-electron chi connectivity index (χ4n) is 2.40. The summed E-state index contributed by atoms with van der Waals surface area (Å²) in [5.41, 5.74) is 0. The molecule has 1 aromatic heterocycles. The molecule has 6 heteroatoms. The smallest absolute Gasteiger partial charge is 0.232 e. The number of rotatable bonds is 9. The Kier molecular flexibility index (Phi) is 5.59. The van der Waals surface area contributed by atoms with Gasteiger partial charge < -0.3 is 15.1 Å². The van der Waals surface area contributed by atoms with Gasteiger partial charge in [-0.15, -0.1) is 0 Å². The Hall–Kier alpha value is -1.59. The normalized spacial score (nSPS) is 14.1. The van der Waals surface area contributed by atoms with E-state index in [2.05, 4.69) is 45.9 Å². The molecule has 0 atom stereocenters. The van der Waals surface area contributed by atoms with Gasteiger partial charge in [0.05, 0.1) is 0 Å². The molecule has 21 heavy (non-hydrogen) atoms. The molecule has 0 unspecified atom stereocenters. The maximum Gasteiger partial charge on any atom is 0.232 e. The zero-order valence-corrected chi connectivity index (χ0v) is 13.8. The van der Waals surface area contributed by atoms with Gasteiger partial charge in [-0.3, -0.25) is 0 Å². The van der Waals surface area contributed by atoms with Crippen LogP contribution in [0.15, 0.2) is 0 Å². The lowest BCUT2D eigenvalue weighted by Gasteiger charge is -2.25. The van der Waals surface area contributed by atoms with Crippen molar-refractivity contribution in [2.24, 2.45) is 0 Å². The van der Waals surface area contributed by atoms with E-state index in [4.69, 9.17) is 4.98 Å². The lowest BCUT2D eigenvalue weighted by Crippen LogP contribution is -2.31. The number of anilines is 3. The lowest BCUT2D eigenvalue weighted by molar-refractivity contribution is 0.688. The third kappa shape index (κ3) is 3.95. The van der Waals surface area contributed by atoms with Crippen LogP contribution in [0.25, 0.3) is 0 Å². The predicted octanol–water partition coefficient (Wildman–Crippen LogP) is 2.53. The lowest BCUT2D eigenvalue weighted by atomic mass is 10.3. The monoisotopic (exact) mass is 292 g/mol. The molecule has 0 amide bonds. The molecule has 0 aliphatic heterocycles. The van der Waals surface area contributed by atoms with Crippen LogP contribution in [0.5, 0.6) is 0 Å². The van der Waals surface area contributed by atoms with E-state index in [1.54, 1.807) is 0 Å². The van der Waals surface area contributed by atoms with E-state index in [1.165, 1.54) is 25.7 Å². The molecule has 0 spiro atoms. The Labute approximate surface area is 128 Å². The molecule has 0 aromatic carbocycles. The fraction of sp³-hybridized carbons (Fsp3) is 0.800. The highest BCUT2D eigenvalue weighted by molar-refractivity contribution is 5.46. The first-order chi connectivity index (χ1) is 10.2. The molecule has 1 fully saturated rings. The number of hydrogen-bond donors (Lipinski definition) is 1. The van der Waals surface area contributed by atoms with Crippen LogP contribution >= 0.6 is 0 Å². The summed E-state index contributed by atoms with van der Waals surface area (Å²) in [6, 6.07) is 0.619. The van der Waals surface area contributed by atoms with Crippen molar-refractivity contribution in [1.82, 2.24) is 15.0 Å². The van der Waals surface area contributed by atoms with Crippen LogP contribution in [0.2, 0.25) is 0 Å². The summed E-state index contributed by atoms with van der Waals surface area (Å²) in [5.74, 6) is 2.26.